The molecular formula is C12H11NO4. The molecule has 1 aromatic heterocycles. The van der Waals surface area contributed by atoms with E-state index in [1.54, 1.807) is 31.2 Å². The van der Waals surface area contributed by atoms with Crippen molar-refractivity contribution < 1.29 is 14.3 Å². The lowest BCUT2D eigenvalue weighted by Crippen LogP contribution is -2.13. The van der Waals surface area contributed by atoms with Crippen LogP contribution in [0.2, 0.25) is 0 Å². The van der Waals surface area contributed by atoms with Gasteiger partial charge >= 0.3 is 6.16 Å². The Balaban J connectivity index is 2.45. The molecule has 2 rings (SSSR count). The molecule has 0 amide bonds. The first-order valence-electron chi connectivity index (χ1n) is 5.17. The van der Waals surface area contributed by atoms with Crippen LogP contribution in [0, 0.1) is 0 Å². The lowest BCUT2D eigenvalue weighted by atomic mass is 10.2. The summed E-state index contributed by atoms with van der Waals surface area (Å²) in [4.78, 5) is 25.2. The van der Waals surface area contributed by atoms with Gasteiger partial charge in [-0.05, 0) is 19.1 Å². The van der Waals surface area contributed by atoms with Crippen molar-refractivity contribution in [3.05, 3.63) is 40.7 Å². The summed E-state index contributed by atoms with van der Waals surface area (Å²) in [6.07, 6.45) is -0.816. The Hall–Kier alpha value is -2.30. The molecule has 0 saturated carbocycles. The van der Waals surface area contributed by atoms with Crippen LogP contribution in [-0.2, 0) is 4.74 Å². The minimum absolute atomic E-state index is 0.197. The SMILES string of the molecule is CCOC(=O)Oc1cc(=O)[nH]c2ccccc12. The molecule has 5 nitrogen and oxygen atoms in total. The van der Waals surface area contributed by atoms with Crippen molar-refractivity contribution in [3.63, 3.8) is 0 Å². The third-order valence-electron chi connectivity index (χ3n) is 2.17. The Morgan fingerprint density at radius 3 is 2.88 bits per heavy atom. The number of carbonyl (C=O) groups excluding carboxylic acids is 1. The van der Waals surface area contributed by atoms with E-state index in [0.29, 0.717) is 10.9 Å². The van der Waals surface area contributed by atoms with Gasteiger partial charge in [0.15, 0.2) is 0 Å². The fourth-order valence-corrected chi connectivity index (χ4v) is 1.49. The van der Waals surface area contributed by atoms with Gasteiger partial charge < -0.3 is 14.5 Å². The number of carbonyl (C=O) groups is 1. The minimum atomic E-state index is -0.816. The van der Waals surface area contributed by atoms with Crippen LogP contribution in [0.5, 0.6) is 5.75 Å². The monoisotopic (exact) mass is 233 g/mol. The Labute approximate surface area is 97.0 Å². The highest BCUT2D eigenvalue weighted by Gasteiger charge is 2.09. The number of aromatic nitrogens is 1. The van der Waals surface area contributed by atoms with Gasteiger partial charge in [0.05, 0.1) is 12.1 Å². The zero-order valence-corrected chi connectivity index (χ0v) is 9.23. The Bertz CT molecular complexity index is 603. The Morgan fingerprint density at radius 2 is 2.12 bits per heavy atom. The number of aromatic amines is 1. The van der Waals surface area contributed by atoms with Crippen molar-refractivity contribution in [2.24, 2.45) is 0 Å². The number of ether oxygens (including phenoxy) is 2. The van der Waals surface area contributed by atoms with E-state index in [1.807, 2.05) is 0 Å². The first-order chi connectivity index (χ1) is 8.20. The van der Waals surface area contributed by atoms with Crippen LogP contribution in [0.1, 0.15) is 6.92 Å². The van der Waals surface area contributed by atoms with Gasteiger partial charge in [-0.25, -0.2) is 4.79 Å². The molecule has 1 N–H and O–H groups in total. The summed E-state index contributed by atoms with van der Waals surface area (Å²) >= 11 is 0. The average Bonchev–Trinajstić information content (AvgIpc) is 2.29. The summed E-state index contributed by atoms with van der Waals surface area (Å²) < 4.78 is 9.63. The number of pyridine rings is 1. The molecule has 0 radical (unpaired) electrons. The third-order valence-corrected chi connectivity index (χ3v) is 2.17. The second kappa shape index (κ2) is 4.69. The van der Waals surface area contributed by atoms with E-state index in [-0.39, 0.29) is 17.9 Å². The predicted molar refractivity (Wildman–Crippen MR) is 62.2 cm³/mol. The lowest BCUT2D eigenvalue weighted by molar-refractivity contribution is 0.105. The van der Waals surface area contributed by atoms with Crippen LogP contribution in [0.3, 0.4) is 0 Å². The van der Waals surface area contributed by atoms with Crippen LogP contribution < -0.4 is 10.3 Å². The van der Waals surface area contributed by atoms with Crippen LogP contribution >= 0.6 is 0 Å². The van der Waals surface area contributed by atoms with E-state index >= 15 is 0 Å². The standard InChI is InChI=1S/C12H11NO4/c1-2-16-12(15)17-10-7-11(14)13-9-6-4-3-5-8(9)10/h3-7H,2H2,1H3,(H,13,14). The minimum Gasteiger partial charge on any atom is -0.434 e. The lowest BCUT2D eigenvalue weighted by Gasteiger charge is -2.06. The van der Waals surface area contributed by atoms with E-state index in [1.165, 1.54) is 6.07 Å². The Kier molecular flexibility index (Phi) is 3.09. The summed E-state index contributed by atoms with van der Waals surface area (Å²) in [6, 6.07) is 8.28. The number of fused-ring (bicyclic) bond motifs is 1. The van der Waals surface area contributed by atoms with Gasteiger partial charge in [-0.3, -0.25) is 4.79 Å². The zero-order chi connectivity index (χ0) is 12.3. The summed E-state index contributed by atoms with van der Waals surface area (Å²) in [6.45, 7) is 1.90. The zero-order valence-electron chi connectivity index (χ0n) is 9.23. The van der Waals surface area contributed by atoms with Crippen molar-refractivity contribution in [2.75, 3.05) is 6.61 Å². The number of benzene rings is 1. The summed E-state index contributed by atoms with van der Waals surface area (Å²) in [5.74, 6) is 0.197. The van der Waals surface area contributed by atoms with Crippen LogP contribution in [0.25, 0.3) is 10.9 Å². The molecule has 0 fully saturated rings. The second-order valence-electron chi connectivity index (χ2n) is 3.33. The van der Waals surface area contributed by atoms with Gasteiger partial charge in [-0.1, -0.05) is 12.1 Å². The summed E-state index contributed by atoms with van der Waals surface area (Å²) in [5, 5.41) is 0.653. The molecule has 0 spiro atoms. The maximum Gasteiger partial charge on any atom is 0.513 e. The van der Waals surface area contributed by atoms with E-state index in [9.17, 15) is 9.59 Å². The number of H-pyrrole nitrogens is 1. The molecule has 0 atom stereocenters. The molecule has 0 bridgehead atoms. The molecule has 0 aliphatic carbocycles. The number of nitrogens with one attached hydrogen (secondary N) is 1. The van der Waals surface area contributed by atoms with Crippen molar-refractivity contribution in [1.82, 2.24) is 4.98 Å². The molecule has 88 valence electrons. The smallest absolute Gasteiger partial charge is 0.434 e. The summed E-state index contributed by atoms with van der Waals surface area (Å²) in [5.41, 5.74) is 0.280. The van der Waals surface area contributed by atoms with Crippen molar-refractivity contribution in [2.45, 2.75) is 6.92 Å². The molecule has 0 aliphatic rings. The maximum absolute atomic E-state index is 11.4. The van der Waals surface area contributed by atoms with Gasteiger partial charge in [-0.15, -0.1) is 0 Å². The first kappa shape index (κ1) is 11.2. The molecule has 1 heterocycles. The van der Waals surface area contributed by atoms with Crippen LogP contribution in [0.15, 0.2) is 35.1 Å². The van der Waals surface area contributed by atoms with Crippen molar-refractivity contribution in [1.29, 1.82) is 0 Å². The van der Waals surface area contributed by atoms with Gasteiger partial charge in [0.1, 0.15) is 5.75 Å². The van der Waals surface area contributed by atoms with Gasteiger partial charge in [-0.2, -0.15) is 0 Å². The fourth-order valence-electron chi connectivity index (χ4n) is 1.49. The van der Waals surface area contributed by atoms with E-state index in [4.69, 9.17) is 4.74 Å². The van der Waals surface area contributed by atoms with E-state index in [2.05, 4.69) is 9.72 Å². The number of para-hydroxylation sites is 1. The van der Waals surface area contributed by atoms with E-state index in [0.717, 1.165) is 0 Å². The summed E-state index contributed by atoms with van der Waals surface area (Å²) in [7, 11) is 0. The molecular weight excluding hydrogens is 222 g/mol. The largest absolute Gasteiger partial charge is 0.513 e. The topological polar surface area (TPSA) is 68.4 Å². The molecule has 2 aromatic rings. The van der Waals surface area contributed by atoms with Crippen molar-refractivity contribution in [3.8, 4) is 5.75 Å². The highest BCUT2D eigenvalue weighted by Crippen LogP contribution is 2.21. The highest BCUT2D eigenvalue weighted by molar-refractivity contribution is 5.86. The Morgan fingerprint density at radius 1 is 1.35 bits per heavy atom. The molecule has 5 heteroatoms. The van der Waals surface area contributed by atoms with Gasteiger partial charge in [0.25, 0.3) is 5.56 Å². The van der Waals surface area contributed by atoms with E-state index < -0.39 is 6.16 Å². The van der Waals surface area contributed by atoms with Crippen LogP contribution in [-0.4, -0.2) is 17.7 Å². The fraction of sp³-hybridized carbons (Fsp3) is 0.167. The number of hydrogen-bond acceptors (Lipinski definition) is 4. The second-order valence-corrected chi connectivity index (χ2v) is 3.33. The molecule has 0 aliphatic heterocycles. The quantitative estimate of drug-likeness (QED) is 0.806. The molecule has 1 aromatic carbocycles. The van der Waals surface area contributed by atoms with Crippen LogP contribution in [0.4, 0.5) is 4.79 Å². The maximum atomic E-state index is 11.4. The number of rotatable bonds is 2. The predicted octanol–water partition coefficient (Wildman–Crippen LogP) is 2.06. The normalized spacial score (nSPS) is 10.2. The molecule has 0 saturated heterocycles. The van der Waals surface area contributed by atoms with Gasteiger partial charge in [0.2, 0.25) is 0 Å². The first-order valence-corrected chi connectivity index (χ1v) is 5.17. The average molecular weight is 233 g/mol. The molecule has 0 unspecified atom stereocenters. The molecule has 17 heavy (non-hydrogen) atoms. The third kappa shape index (κ3) is 2.44. The van der Waals surface area contributed by atoms with Crippen molar-refractivity contribution >= 4 is 17.1 Å². The highest BCUT2D eigenvalue weighted by atomic mass is 16.7. The van der Waals surface area contributed by atoms with Gasteiger partial charge in [0, 0.05) is 11.5 Å². The number of hydrogen-bond donors (Lipinski definition) is 1.